The van der Waals surface area contributed by atoms with Gasteiger partial charge >= 0.3 is 12.1 Å². The quantitative estimate of drug-likeness (QED) is 0.0747. The number of nitrogens with one attached hydrogen (secondary N) is 4. The Morgan fingerprint density at radius 2 is 1.53 bits per heavy atom. The summed E-state index contributed by atoms with van der Waals surface area (Å²) in [6, 6.07) is 2.92. The van der Waals surface area contributed by atoms with Crippen molar-refractivity contribution in [3.05, 3.63) is 29.8 Å². The van der Waals surface area contributed by atoms with Gasteiger partial charge in [0.1, 0.15) is 24.7 Å². The summed E-state index contributed by atoms with van der Waals surface area (Å²) in [6.45, 7) is 11.3. The number of ether oxygens (including phenoxy) is 1. The number of likely N-dealkylation sites (N-methyl/N-ethyl adjacent to an activating group) is 1. The second-order valence-electron chi connectivity index (χ2n) is 15.0. The van der Waals surface area contributed by atoms with Gasteiger partial charge in [0.25, 0.3) is 0 Å². The number of primary amides is 2. The highest BCUT2D eigenvalue weighted by Gasteiger charge is 2.39. The normalized spacial score (nSPS) is 15.7. The van der Waals surface area contributed by atoms with Crippen LogP contribution < -0.4 is 32.7 Å². The van der Waals surface area contributed by atoms with Crippen LogP contribution in [-0.4, -0.2) is 95.6 Å². The first-order chi connectivity index (χ1) is 25.8. The van der Waals surface area contributed by atoms with Crippen molar-refractivity contribution in [3.63, 3.8) is 0 Å². The van der Waals surface area contributed by atoms with E-state index in [-0.39, 0.29) is 73.8 Å². The topological polar surface area (TPSA) is 252 Å². The van der Waals surface area contributed by atoms with Crippen LogP contribution in [0.4, 0.5) is 15.3 Å². The lowest BCUT2D eigenvalue weighted by molar-refractivity contribution is -0.140. The molecule has 0 spiro atoms. The Labute approximate surface area is 323 Å². The summed E-state index contributed by atoms with van der Waals surface area (Å²) in [5.41, 5.74) is 11.6. The molecule has 55 heavy (non-hydrogen) atoms. The van der Waals surface area contributed by atoms with E-state index in [0.29, 0.717) is 43.5 Å². The number of benzene rings is 1. The van der Waals surface area contributed by atoms with Crippen molar-refractivity contribution >= 4 is 53.3 Å². The van der Waals surface area contributed by atoms with E-state index in [0.717, 1.165) is 4.90 Å². The van der Waals surface area contributed by atoms with Crippen LogP contribution in [0.3, 0.4) is 0 Å². The number of hydrogen-bond donors (Lipinski definition) is 6. The Kier molecular flexibility index (Phi) is 18.6. The zero-order valence-corrected chi connectivity index (χ0v) is 33.1. The summed E-state index contributed by atoms with van der Waals surface area (Å²) in [5.74, 6) is -3.12. The number of likely N-dealkylation sites (tertiary alicyclic amines) is 1. The third-order valence-corrected chi connectivity index (χ3v) is 9.45. The monoisotopic (exact) mass is 772 g/mol. The minimum Gasteiger partial charge on any atom is -0.445 e. The van der Waals surface area contributed by atoms with Gasteiger partial charge in [0.2, 0.25) is 35.4 Å². The predicted octanol–water partition coefficient (Wildman–Crippen LogP) is 2.37. The van der Waals surface area contributed by atoms with Gasteiger partial charge in [0.15, 0.2) is 0 Å². The molecule has 4 atom stereocenters. The van der Waals surface area contributed by atoms with E-state index in [9.17, 15) is 38.4 Å². The first kappa shape index (κ1) is 45.9. The first-order valence-electron chi connectivity index (χ1n) is 18.9. The van der Waals surface area contributed by atoms with Crippen molar-refractivity contribution < 1.29 is 43.1 Å². The molecule has 1 aliphatic heterocycles. The summed E-state index contributed by atoms with van der Waals surface area (Å²) in [7, 11) is 1.43. The van der Waals surface area contributed by atoms with E-state index >= 15 is 0 Å². The highest BCUT2D eigenvalue weighted by molar-refractivity contribution is 6.03. The maximum Gasteiger partial charge on any atom is 0.410 e. The van der Waals surface area contributed by atoms with Crippen LogP contribution in [-0.2, 0) is 40.1 Å². The smallest absolute Gasteiger partial charge is 0.410 e. The minimum absolute atomic E-state index is 0.0909. The molecule has 1 fully saturated rings. The molecule has 0 aromatic heterocycles. The zero-order valence-electron chi connectivity index (χ0n) is 33.1. The lowest BCUT2D eigenvalue weighted by atomic mass is 9.94. The third-order valence-electron chi connectivity index (χ3n) is 9.45. The third kappa shape index (κ3) is 14.9. The summed E-state index contributed by atoms with van der Waals surface area (Å²) < 4.78 is 5.33. The highest BCUT2D eigenvalue weighted by Crippen LogP contribution is 2.26. The number of anilines is 1. The number of hydrogen-bond acceptors (Lipinski definition) is 9. The average molecular weight is 773 g/mol. The summed E-state index contributed by atoms with van der Waals surface area (Å²) in [6.07, 6.45) is 1.75. The number of unbranched alkanes of at least 4 members (excludes halogenated alkanes) is 2. The van der Waals surface area contributed by atoms with Crippen molar-refractivity contribution in [2.75, 3.05) is 25.5 Å². The van der Waals surface area contributed by atoms with E-state index in [2.05, 4.69) is 21.3 Å². The fourth-order valence-electron chi connectivity index (χ4n) is 6.27. The van der Waals surface area contributed by atoms with Gasteiger partial charge in [-0.15, -0.1) is 0 Å². The molecule has 8 N–H and O–H groups in total. The number of nitrogens with two attached hydrogens (primary N) is 2. The lowest BCUT2D eigenvalue weighted by Gasteiger charge is -2.27. The molecule has 0 radical (unpaired) electrons. The number of carbonyl (C=O) groups is 8. The van der Waals surface area contributed by atoms with Crippen molar-refractivity contribution in [2.45, 2.75) is 111 Å². The molecule has 2 rings (SSSR count). The molecule has 1 saturated heterocycles. The molecule has 17 nitrogen and oxygen atoms in total. The van der Waals surface area contributed by atoms with Gasteiger partial charge in [0, 0.05) is 44.6 Å². The molecule has 306 valence electrons. The number of nitrogens with zero attached hydrogens (tertiary/aromatic N) is 2. The SMILES string of the molecule is CC(C)C1CC(=O)N(CCCCCC(=O)NC(C(=O)N[C@@H](CCCNC(N)=O)C(=O)Nc2ccc(COC(=O)N(C)C(C(N)=O)C(C)C)cc2)C(C)C)C1=O. The molecule has 1 aliphatic rings. The molecule has 17 heteroatoms. The summed E-state index contributed by atoms with van der Waals surface area (Å²) >= 11 is 0. The van der Waals surface area contributed by atoms with E-state index in [1.807, 2.05) is 13.8 Å². The van der Waals surface area contributed by atoms with Crippen LogP contribution in [0.15, 0.2) is 24.3 Å². The van der Waals surface area contributed by atoms with Gasteiger partial charge in [-0.05, 0) is 61.1 Å². The fourth-order valence-corrected chi connectivity index (χ4v) is 6.27. The van der Waals surface area contributed by atoms with Gasteiger partial charge in [-0.1, -0.05) is 60.1 Å². The second-order valence-corrected chi connectivity index (χ2v) is 15.0. The van der Waals surface area contributed by atoms with Crippen molar-refractivity contribution in [1.29, 1.82) is 0 Å². The Hall–Kier alpha value is -5.22. The Morgan fingerprint density at radius 3 is 2.07 bits per heavy atom. The highest BCUT2D eigenvalue weighted by atomic mass is 16.6. The van der Waals surface area contributed by atoms with Gasteiger partial charge in [-0.3, -0.25) is 38.6 Å². The molecule has 3 unspecified atom stereocenters. The van der Waals surface area contributed by atoms with Gasteiger partial charge in [-0.2, -0.15) is 0 Å². The molecule has 0 bridgehead atoms. The van der Waals surface area contributed by atoms with Crippen molar-refractivity contribution in [1.82, 2.24) is 25.8 Å². The van der Waals surface area contributed by atoms with Crippen LogP contribution in [0.2, 0.25) is 0 Å². The van der Waals surface area contributed by atoms with Crippen LogP contribution in [0, 0.1) is 23.7 Å². The molecular formula is C38H60N8O9. The predicted molar refractivity (Wildman–Crippen MR) is 204 cm³/mol. The van der Waals surface area contributed by atoms with E-state index in [1.165, 1.54) is 11.9 Å². The lowest BCUT2D eigenvalue weighted by Crippen LogP contribution is -2.54. The number of imide groups is 1. The fraction of sp³-hybridized carbons (Fsp3) is 0.632. The Morgan fingerprint density at radius 1 is 0.873 bits per heavy atom. The van der Waals surface area contributed by atoms with E-state index in [1.54, 1.807) is 52.0 Å². The Balaban J connectivity index is 1.97. The average Bonchev–Trinajstić information content (AvgIpc) is 3.39. The first-order valence-corrected chi connectivity index (χ1v) is 18.9. The number of carbonyl (C=O) groups excluding carboxylic acids is 8. The van der Waals surface area contributed by atoms with Crippen LogP contribution in [0.1, 0.15) is 92.1 Å². The van der Waals surface area contributed by atoms with Crippen LogP contribution in [0.25, 0.3) is 0 Å². The molecular weight excluding hydrogens is 712 g/mol. The van der Waals surface area contributed by atoms with Crippen molar-refractivity contribution in [2.24, 2.45) is 35.1 Å². The second kappa shape index (κ2) is 22.2. The molecule has 1 aromatic rings. The van der Waals surface area contributed by atoms with E-state index in [4.69, 9.17) is 16.2 Å². The molecule has 1 aromatic carbocycles. The Bertz CT molecular complexity index is 1520. The largest absolute Gasteiger partial charge is 0.445 e. The summed E-state index contributed by atoms with van der Waals surface area (Å²) in [4.78, 5) is 103. The summed E-state index contributed by atoms with van der Waals surface area (Å²) in [5, 5.41) is 10.7. The molecule has 0 aliphatic carbocycles. The van der Waals surface area contributed by atoms with Crippen LogP contribution >= 0.6 is 0 Å². The standard InChI is InChI=1S/C38H60N8O9/c1-22(2)27-20-30(48)46(36(27)52)19-10-8-9-13-29(47)44-31(23(3)4)35(51)43-28(12-11-18-41-37(40)53)34(50)42-26-16-14-25(15-17-26)21-55-38(54)45(7)32(24(5)6)33(39)49/h14-17,22-24,27-28,31-32H,8-13,18-21H2,1-7H3,(H2,39,49)(H,42,50)(H,43,51)(H,44,47)(H3,40,41,53)/t27?,28-,31?,32?/m0/s1. The maximum absolute atomic E-state index is 13.5. The van der Waals surface area contributed by atoms with Gasteiger partial charge in [0.05, 0.1) is 0 Å². The minimum atomic E-state index is -1.04. The van der Waals surface area contributed by atoms with Gasteiger partial charge < -0.3 is 37.5 Å². The van der Waals surface area contributed by atoms with Crippen molar-refractivity contribution in [3.8, 4) is 0 Å². The molecule has 0 saturated carbocycles. The zero-order chi connectivity index (χ0) is 41.4. The molecule has 1 heterocycles. The van der Waals surface area contributed by atoms with Gasteiger partial charge in [-0.25, -0.2) is 9.59 Å². The molecule has 9 amide bonds. The number of urea groups is 1. The maximum atomic E-state index is 13.5. The van der Waals surface area contributed by atoms with Crippen LogP contribution in [0.5, 0.6) is 0 Å². The number of rotatable bonds is 22. The van der Waals surface area contributed by atoms with E-state index < -0.39 is 48.0 Å². The number of amides is 9.